The van der Waals surface area contributed by atoms with Gasteiger partial charge in [-0.05, 0) is 19.8 Å². The molecule has 0 aromatic carbocycles. The Morgan fingerprint density at radius 2 is 1.05 bits per heavy atom. The lowest BCUT2D eigenvalue weighted by Crippen LogP contribution is -2.03. The Bertz CT molecular complexity index is 259. The summed E-state index contributed by atoms with van der Waals surface area (Å²) in [5.74, 6) is 0. The maximum atomic E-state index is 12.3. The Morgan fingerprint density at radius 3 is 1.52 bits per heavy atom. The van der Waals surface area contributed by atoms with Crippen LogP contribution in [0.1, 0.15) is 85.0 Å². The van der Waals surface area contributed by atoms with Crippen molar-refractivity contribution in [1.82, 2.24) is 0 Å². The van der Waals surface area contributed by atoms with E-state index >= 15 is 0 Å². The first-order valence-electron chi connectivity index (χ1n) is 8.72. The molecular formula is C16H35O4P. The SMILES string of the molecule is CCCCCCCCOP(=O)(OCC)OCCCCCC. The van der Waals surface area contributed by atoms with Crippen molar-refractivity contribution in [2.75, 3.05) is 19.8 Å². The Morgan fingerprint density at radius 1 is 0.619 bits per heavy atom. The first-order chi connectivity index (χ1) is 10.2. The standard InChI is InChI=1S/C16H35O4P/c1-4-7-9-11-12-14-16-20-21(17,18-6-3)19-15-13-10-8-5-2/h4-16H2,1-3H3. The average Bonchev–Trinajstić information content (AvgIpc) is 2.46. The van der Waals surface area contributed by atoms with Crippen molar-refractivity contribution in [1.29, 1.82) is 0 Å². The minimum Gasteiger partial charge on any atom is -0.287 e. The first-order valence-corrected chi connectivity index (χ1v) is 10.2. The Kier molecular flexibility index (Phi) is 15.1. The molecule has 1 unspecified atom stereocenters. The van der Waals surface area contributed by atoms with Gasteiger partial charge in [0.15, 0.2) is 0 Å². The Labute approximate surface area is 131 Å². The second kappa shape index (κ2) is 15.0. The molecule has 0 spiro atoms. The van der Waals surface area contributed by atoms with Gasteiger partial charge in [-0.1, -0.05) is 65.2 Å². The van der Waals surface area contributed by atoms with Gasteiger partial charge in [-0.15, -0.1) is 0 Å². The van der Waals surface area contributed by atoms with Crippen LogP contribution < -0.4 is 0 Å². The summed E-state index contributed by atoms with van der Waals surface area (Å²) in [6, 6.07) is 0. The van der Waals surface area contributed by atoms with Crippen molar-refractivity contribution in [3.63, 3.8) is 0 Å². The molecule has 0 radical (unpaired) electrons. The predicted octanol–water partition coefficient (Wildman–Crippen LogP) is 6.11. The van der Waals surface area contributed by atoms with Crippen LogP contribution in [0.5, 0.6) is 0 Å². The molecule has 0 fully saturated rings. The number of rotatable bonds is 16. The average molecular weight is 322 g/mol. The zero-order chi connectivity index (χ0) is 15.8. The molecule has 0 aromatic rings. The second-order valence-electron chi connectivity index (χ2n) is 5.36. The number of hydrogen-bond donors (Lipinski definition) is 0. The predicted molar refractivity (Wildman–Crippen MR) is 88.7 cm³/mol. The van der Waals surface area contributed by atoms with Gasteiger partial charge >= 0.3 is 7.82 Å². The van der Waals surface area contributed by atoms with E-state index in [0.717, 1.165) is 25.7 Å². The summed E-state index contributed by atoms with van der Waals surface area (Å²) in [4.78, 5) is 0. The number of phosphoric ester groups is 1. The van der Waals surface area contributed by atoms with E-state index < -0.39 is 7.82 Å². The van der Waals surface area contributed by atoms with E-state index in [1.165, 1.54) is 38.5 Å². The fourth-order valence-electron chi connectivity index (χ4n) is 2.03. The third kappa shape index (κ3) is 13.5. The van der Waals surface area contributed by atoms with E-state index in [-0.39, 0.29) is 0 Å². The molecule has 0 saturated heterocycles. The molecule has 0 aromatic heterocycles. The minimum absolute atomic E-state index is 0.350. The van der Waals surface area contributed by atoms with Crippen LogP contribution in [0, 0.1) is 0 Å². The lowest BCUT2D eigenvalue weighted by Gasteiger charge is -2.17. The second-order valence-corrected chi connectivity index (χ2v) is 7.03. The molecule has 0 aliphatic rings. The smallest absolute Gasteiger partial charge is 0.287 e. The van der Waals surface area contributed by atoms with Crippen LogP contribution in [0.15, 0.2) is 0 Å². The van der Waals surface area contributed by atoms with Gasteiger partial charge < -0.3 is 0 Å². The topological polar surface area (TPSA) is 44.8 Å². The lowest BCUT2D eigenvalue weighted by molar-refractivity contribution is 0.114. The van der Waals surface area contributed by atoms with Gasteiger partial charge in [0.25, 0.3) is 0 Å². The molecule has 0 heterocycles. The van der Waals surface area contributed by atoms with Crippen molar-refractivity contribution < 1.29 is 18.1 Å². The van der Waals surface area contributed by atoms with Crippen molar-refractivity contribution in [2.45, 2.75) is 85.0 Å². The van der Waals surface area contributed by atoms with E-state index in [4.69, 9.17) is 13.6 Å². The maximum absolute atomic E-state index is 12.3. The summed E-state index contributed by atoms with van der Waals surface area (Å²) in [5, 5.41) is 0. The van der Waals surface area contributed by atoms with Crippen LogP contribution in [0.4, 0.5) is 0 Å². The molecule has 0 aliphatic heterocycles. The summed E-state index contributed by atoms with van der Waals surface area (Å²) in [7, 11) is -3.33. The van der Waals surface area contributed by atoms with Gasteiger partial charge in [0.1, 0.15) is 0 Å². The maximum Gasteiger partial charge on any atom is 0.474 e. The van der Waals surface area contributed by atoms with Crippen LogP contribution in [-0.4, -0.2) is 19.8 Å². The van der Waals surface area contributed by atoms with Crippen molar-refractivity contribution in [2.24, 2.45) is 0 Å². The van der Waals surface area contributed by atoms with E-state index in [1.54, 1.807) is 6.92 Å². The van der Waals surface area contributed by atoms with Crippen LogP contribution in [-0.2, 0) is 18.1 Å². The number of hydrogen-bond acceptors (Lipinski definition) is 4. The number of phosphoric acid groups is 1. The molecule has 128 valence electrons. The van der Waals surface area contributed by atoms with Gasteiger partial charge in [-0.3, -0.25) is 13.6 Å². The molecule has 0 N–H and O–H groups in total. The van der Waals surface area contributed by atoms with Gasteiger partial charge in [0, 0.05) is 0 Å². The quantitative estimate of drug-likeness (QED) is 0.254. The molecule has 21 heavy (non-hydrogen) atoms. The normalized spacial score (nSPS) is 14.2. The molecule has 4 nitrogen and oxygen atoms in total. The lowest BCUT2D eigenvalue weighted by atomic mass is 10.1. The summed E-state index contributed by atoms with van der Waals surface area (Å²) in [6.07, 6.45) is 11.4. The third-order valence-corrected chi connectivity index (χ3v) is 4.85. The highest BCUT2D eigenvalue weighted by molar-refractivity contribution is 7.48. The van der Waals surface area contributed by atoms with E-state index in [0.29, 0.717) is 19.8 Å². The molecule has 0 saturated carbocycles. The van der Waals surface area contributed by atoms with E-state index in [2.05, 4.69) is 13.8 Å². The molecule has 1 atom stereocenters. The summed E-state index contributed by atoms with van der Waals surface area (Å²) >= 11 is 0. The molecule has 0 amide bonds. The summed E-state index contributed by atoms with van der Waals surface area (Å²) in [5.41, 5.74) is 0. The molecule has 5 heteroatoms. The summed E-state index contributed by atoms with van der Waals surface area (Å²) in [6.45, 7) is 7.44. The zero-order valence-corrected chi connectivity index (χ0v) is 15.2. The van der Waals surface area contributed by atoms with Crippen LogP contribution in [0.2, 0.25) is 0 Å². The van der Waals surface area contributed by atoms with Crippen LogP contribution >= 0.6 is 7.82 Å². The molecular weight excluding hydrogens is 287 g/mol. The fraction of sp³-hybridized carbons (Fsp3) is 1.00. The highest BCUT2D eigenvalue weighted by Gasteiger charge is 2.25. The molecule has 0 rings (SSSR count). The van der Waals surface area contributed by atoms with Gasteiger partial charge in [0.05, 0.1) is 19.8 Å². The van der Waals surface area contributed by atoms with Crippen LogP contribution in [0.25, 0.3) is 0 Å². The number of unbranched alkanes of at least 4 members (excludes halogenated alkanes) is 8. The Balaban J connectivity index is 3.74. The van der Waals surface area contributed by atoms with Gasteiger partial charge in [-0.25, -0.2) is 4.57 Å². The highest BCUT2D eigenvalue weighted by atomic mass is 31.2. The van der Waals surface area contributed by atoms with Crippen molar-refractivity contribution in [3.05, 3.63) is 0 Å². The van der Waals surface area contributed by atoms with Crippen molar-refractivity contribution in [3.8, 4) is 0 Å². The molecule has 0 bridgehead atoms. The van der Waals surface area contributed by atoms with E-state index in [9.17, 15) is 4.57 Å². The highest BCUT2D eigenvalue weighted by Crippen LogP contribution is 2.49. The fourth-order valence-corrected chi connectivity index (χ4v) is 3.28. The van der Waals surface area contributed by atoms with Crippen LogP contribution in [0.3, 0.4) is 0 Å². The summed E-state index contributed by atoms with van der Waals surface area (Å²) < 4.78 is 28.3. The molecule has 0 aliphatic carbocycles. The third-order valence-electron chi connectivity index (χ3n) is 3.28. The van der Waals surface area contributed by atoms with E-state index in [1.807, 2.05) is 0 Å². The zero-order valence-electron chi connectivity index (χ0n) is 14.3. The largest absolute Gasteiger partial charge is 0.474 e. The first kappa shape index (κ1) is 21.1. The van der Waals surface area contributed by atoms with Crippen molar-refractivity contribution >= 4 is 7.82 Å². The van der Waals surface area contributed by atoms with Gasteiger partial charge in [-0.2, -0.15) is 0 Å². The Hall–Kier alpha value is 0.110. The monoisotopic (exact) mass is 322 g/mol. The van der Waals surface area contributed by atoms with Gasteiger partial charge in [0.2, 0.25) is 0 Å². The minimum atomic E-state index is -3.33.